The molecule has 5 heteroatoms. The minimum Gasteiger partial charge on any atom is -0.508 e. The van der Waals surface area contributed by atoms with E-state index >= 15 is 0 Å². The van der Waals surface area contributed by atoms with Crippen LogP contribution in [0.15, 0.2) is 18.2 Å². The number of aromatic hydroxyl groups is 1. The van der Waals surface area contributed by atoms with E-state index in [1.807, 2.05) is 0 Å². The third-order valence-corrected chi connectivity index (χ3v) is 6.62. The Bertz CT molecular complexity index is 666. The molecule has 3 heterocycles. The highest BCUT2D eigenvalue weighted by molar-refractivity contribution is 5.36. The molecule has 0 saturated carbocycles. The van der Waals surface area contributed by atoms with Gasteiger partial charge in [0.05, 0.1) is 12.2 Å². The summed E-state index contributed by atoms with van der Waals surface area (Å²) >= 11 is 0. The summed E-state index contributed by atoms with van der Waals surface area (Å²) in [6.45, 7) is 10.6. The Morgan fingerprint density at radius 1 is 1.27 bits per heavy atom. The lowest BCUT2D eigenvalue weighted by atomic mass is 9.69. The first-order valence-electron chi connectivity index (χ1n) is 9.88. The highest BCUT2D eigenvalue weighted by Crippen LogP contribution is 2.44. The van der Waals surface area contributed by atoms with Crippen LogP contribution in [0.2, 0.25) is 0 Å². The standard InChI is InChI=1S/C21H31FN2O2/c1-20(2,3)19-21(13-23-19)11-16(12-26-21)24-8-6-14(7-9-24)17-10-15(22)4-5-18(17)25/h4-5,10,14,16,19,23,25H,6-9,11-13H2,1-3H3/t16?,19-,21?/m0/s1. The summed E-state index contributed by atoms with van der Waals surface area (Å²) in [5.41, 5.74) is 0.968. The highest BCUT2D eigenvalue weighted by atomic mass is 19.1. The van der Waals surface area contributed by atoms with Gasteiger partial charge in [0, 0.05) is 18.6 Å². The number of hydrogen-bond acceptors (Lipinski definition) is 4. The predicted octanol–water partition coefficient (Wildman–Crippen LogP) is 3.26. The number of likely N-dealkylation sites (tertiary alicyclic amines) is 1. The quantitative estimate of drug-likeness (QED) is 0.848. The van der Waals surface area contributed by atoms with Crippen molar-refractivity contribution in [2.75, 3.05) is 26.2 Å². The fraction of sp³-hybridized carbons (Fsp3) is 0.714. The van der Waals surface area contributed by atoms with Gasteiger partial charge in [-0.3, -0.25) is 4.90 Å². The highest BCUT2D eigenvalue weighted by Gasteiger charge is 2.57. The van der Waals surface area contributed by atoms with Crippen molar-refractivity contribution in [3.63, 3.8) is 0 Å². The molecule has 3 atom stereocenters. The Kier molecular flexibility index (Phi) is 4.53. The van der Waals surface area contributed by atoms with Crippen molar-refractivity contribution in [3.05, 3.63) is 29.6 Å². The van der Waals surface area contributed by atoms with E-state index in [4.69, 9.17) is 4.74 Å². The molecule has 0 aromatic heterocycles. The van der Waals surface area contributed by atoms with Crippen LogP contribution >= 0.6 is 0 Å². The van der Waals surface area contributed by atoms with E-state index in [0.29, 0.717) is 12.1 Å². The molecule has 0 bridgehead atoms. The van der Waals surface area contributed by atoms with Crippen LogP contribution in [0.1, 0.15) is 51.5 Å². The van der Waals surface area contributed by atoms with Crippen molar-refractivity contribution < 1.29 is 14.2 Å². The second-order valence-electron chi connectivity index (χ2n) is 9.43. The lowest BCUT2D eigenvalue weighted by Gasteiger charge is -2.53. The normalized spacial score (nSPS) is 33.5. The molecule has 1 spiro atoms. The average molecular weight is 362 g/mol. The molecular weight excluding hydrogens is 331 g/mol. The van der Waals surface area contributed by atoms with E-state index in [1.165, 1.54) is 18.2 Å². The van der Waals surface area contributed by atoms with Crippen LogP contribution in [0.25, 0.3) is 0 Å². The second-order valence-corrected chi connectivity index (χ2v) is 9.43. The number of phenolic OH excluding ortho intramolecular Hbond substituents is 1. The van der Waals surface area contributed by atoms with Gasteiger partial charge in [0.2, 0.25) is 0 Å². The van der Waals surface area contributed by atoms with Crippen molar-refractivity contribution in [1.29, 1.82) is 0 Å². The van der Waals surface area contributed by atoms with Crippen molar-refractivity contribution >= 4 is 0 Å². The van der Waals surface area contributed by atoms with E-state index in [1.54, 1.807) is 0 Å². The predicted molar refractivity (Wildman–Crippen MR) is 99.9 cm³/mol. The number of nitrogens with one attached hydrogen (secondary N) is 1. The molecule has 3 fully saturated rings. The summed E-state index contributed by atoms with van der Waals surface area (Å²) < 4.78 is 19.9. The van der Waals surface area contributed by atoms with Crippen LogP contribution in [0, 0.1) is 11.2 Å². The molecule has 3 aliphatic heterocycles. The summed E-state index contributed by atoms with van der Waals surface area (Å²) in [6.07, 6.45) is 3.01. The van der Waals surface area contributed by atoms with Gasteiger partial charge in [-0.25, -0.2) is 4.39 Å². The van der Waals surface area contributed by atoms with Gasteiger partial charge in [-0.15, -0.1) is 0 Å². The maximum absolute atomic E-state index is 13.5. The van der Waals surface area contributed by atoms with E-state index in [-0.39, 0.29) is 28.5 Å². The third kappa shape index (κ3) is 3.14. The Balaban J connectivity index is 1.37. The number of ether oxygens (including phenoxy) is 1. The van der Waals surface area contributed by atoms with Crippen molar-refractivity contribution in [1.82, 2.24) is 10.2 Å². The number of nitrogens with zero attached hydrogens (tertiary/aromatic N) is 1. The molecular formula is C21H31FN2O2. The van der Waals surface area contributed by atoms with Crippen LogP contribution in [0.3, 0.4) is 0 Å². The molecule has 144 valence electrons. The Morgan fingerprint density at radius 3 is 2.62 bits per heavy atom. The van der Waals surface area contributed by atoms with E-state index in [2.05, 4.69) is 31.0 Å². The van der Waals surface area contributed by atoms with Crippen LogP contribution in [-0.4, -0.2) is 53.9 Å². The minimum atomic E-state index is -0.267. The second kappa shape index (κ2) is 6.47. The Labute approximate surface area is 155 Å². The zero-order valence-corrected chi connectivity index (χ0v) is 16.1. The average Bonchev–Trinajstić information content (AvgIpc) is 3.02. The Hall–Kier alpha value is -1.17. The third-order valence-electron chi connectivity index (χ3n) is 6.62. The zero-order valence-electron chi connectivity index (χ0n) is 16.1. The molecule has 4 nitrogen and oxygen atoms in total. The molecule has 0 radical (unpaired) electrons. The van der Waals surface area contributed by atoms with Crippen molar-refractivity contribution in [2.24, 2.45) is 5.41 Å². The van der Waals surface area contributed by atoms with E-state index < -0.39 is 0 Å². The van der Waals surface area contributed by atoms with Gasteiger partial charge in [-0.05, 0) is 67.4 Å². The Morgan fingerprint density at radius 2 is 2.00 bits per heavy atom. The van der Waals surface area contributed by atoms with Gasteiger partial charge in [0.1, 0.15) is 11.6 Å². The van der Waals surface area contributed by atoms with Gasteiger partial charge in [-0.1, -0.05) is 20.8 Å². The molecule has 3 saturated heterocycles. The SMILES string of the molecule is CC(C)(C)[C@@H]1NCC12CC(N1CCC(c3cc(F)ccc3O)CC1)CO2. The zero-order chi connectivity index (χ0) is 18.5. The first-order valence-corrected chi connectivity index (χ1v) is 9.88. The molecule has 0 aliphatic carbocycles. The lowest BCUT2D eigenvalue weighted by Crippen LogP contribution is -2.72. The minimum absolute atomic E-state index is 0.000587. The summed E-state index contributed by atoms with van der Waals surface area (Å²) in [4.78, 5) is 2.54. The van der Waals surface area contributed by atoms with Crippen molar-refractivity contribution in [2.45, 2.75) is 63.6 Å². The molecule has 3 aliphatic rings. The fourth-order valence-corrected chi connectivity index (χ4v) is 5.29. The fourth-order valence-electron chi connectivity index (χ4n) is 5.29. The van der Waals surface area contributed by atoms with Crippen LogP contribution in [0.4, 0.5) is 4.39 Å². The summed E-state index contributed by atoms with van der Waals surface area (Å²) in [5.74, 6) is 0.199. The molecule has 26 heavy (non-hydrogen) atoms. The monoisotopic (exact) mass is 362 g/mol. The van der Waals surface area contributed by atoms with Gasteiger partial charge in [0.25, 0.3) is 0 Å². The van der Waals surface area contributed by atoms with Crippen LogP contribution in [0.5, 0.6) is 5.75 Å². The van der Waals surface area contributed by atoms with Crippen LogP contribution in [-0.2, 0) is 4.74 Å². The van der Waals surface area contributed by atoms with Crippen LogP contribution < -0.4 is 5.32 Å². The largest absolute Gasteiger partial charge is 0.508 e. The topological polar surface area (TPSA) is 44.7 Å². The number of benzene rings is 1. The summed E-state index contributed by atoms with van der Waals surface area (Å²) in [7, 11) is 0. The molecule has 4 rings (SSSR count). The van der Waals surface area contributed by atoms with Gasteiger partial charge < -0.3 is 15.2 Å². The van der Waals surface area contributed by atoms with E-state index in [0.717, 1.165) is 51.1 Å². The van der Waals surface area contributed by atoms with Gasteiger partial charge in [-0.2, -0.15) is 0 Å². The lowest BCUT2D eigenvalue weighted by molar-refractivity contribution is -0.110. The molecule has 0 amide bonds. The number of phenols is 1. The summed E-state index contributed by atoms with van der Waals surface area (Å²) in [5, 5.41) is 13.6. The first-order chi connectivity index (χ1) is 12.3. The first kappa shape index (κ1) is 18.2. The number of rotatable bonds is 2. The molecule has 2 unspecified atom stereocenters. The van der Waals surface area contributed by atoms with E-state index in [9.17, 15) is 9.50 Å². The number of halogens is 1. The number of piperidine rings is 1. The number of hydrogen-bond donors (Lipinski definition) is 2. The maximum atomic E-state index is 13.5. The van der Waals surface area contributed by atoms with Gasteiger partial charge >= 0.3 is 0 Å². The molecule has 1 aromatic rings. The van der Waals surface area contributed by atoms with Gasteiger partial charge in [0.15, 0.2) is 0 Å². The summed E-state index contributed by atoms with van der Waals surface area (Å²) in [6, 6.07) is 5.19. The van der Waals surface area contributed by atoms with Crippen molar-refractivity contribution in [3.8, 4) is 5.75 Å². The smallest absolute Gasteiger partial charge is 0.123 e. The molecule has 2 N–H and O–H groups in total. The molecule has 1 aromatic carbocycles. The maximum Gasteiger partial charge on any atom is 0.123 e.